The van der Waals surface area contributed by atoms with Crippen molar-refractivity contribution in [1.82, 2.24) is 0 Å². The van der Waals surface area contributed by atoms with Gasteiger partial charge in [0.15, 0.2) is 12.6 Å². The van der Waals surface area contributed by atoms with E-state index in [4.69, 9.17) is 25.4 Å². The van der Waals surface area contributed by atoms with Gasteiger partial charge in [-0.2, -0.15) is 0 Å². The number of carbonyl (C=O) groups excluding carboxylic acids is 1. The lowest BCUT2D eigenvalue weighted by Crippen LogP contribution is -2.63. The molecule has 166 valence electrons. The van der Waals surface area contributed by atoms with E-state index in [9.17, 15) is 35.4 Å². The first kappa shape index (κ1) is 23.9. The Bertz CT molecular complexity index is 577. The summed E-state index contributed by atoms with van der Waals surface area (Å²) in [5.74, 6) is 1.65. The van der Waals surface area contributed by atoms with Gasteiger partial charge in [-0.25, -0.2) is 0 Å². The maximum atomic E-state index is 11.6. The monoisotopic (exact) mass is 420 g/mol. The molecule has 2 fully saturated rings. The molecule has 0 aromatic heterocycles. The van der Waals surface area contributed by atoms with Crippen molar-refractivity contribution in [3.63, 3.8) is 0 Å². The summed E-state index contributed by atoms with van der Waals surface area (Å²) in [7, 11) is 0. The number of hydrogen-bond acceptors (Lipinski definition) is 11. The zero-order valence-electron chi connectivity index (χ0n) is 15.9. The molecule has 2 saturated heterocycles. The average molecular weight is 420 g/mol. The number of terminal acetylenes is 1. The maximum absolute atomic E-state index is 11.6. The lowest BCUT2D eigenvalue weighted by atomic mass is 9.97. The molecule has 11 nitrogen and oxygen atoms in total. The van der Waals surface area contributed by atoms with Crippen LogP contribution in [0.4, 0.5) is 0 Å². The number of rotatable bonds is 7. The third-order valence-electron chi connectivity index (χ3n) is 4.89. The molecule has 0 spiro atoms. The molecule has 0 aromatic rings. The van der Waals surface area contributed by atoms with Gasteiger partial charge in [0.1, 0.15) is 49.3 Å². The molecule has 29 heavy (non-hydrogen) atoms. The third kappa shape index (κ3) is 5.64. The minimum absolute atomic E-state index is 0.0366. The lowest BCUT2D eigenvalue weighted by molar-refractivity contribution is -0.375. The molecule has 0 saturated carbocycles. The van der Waals surface area contributed by atoms with Crippen LogP contribution in [0.5, 0.6) is 0 Å². The molecule has 0 bridgehead atoms. The van der Waals surface area contributed by atoms with Crippen molar-refractivity contribution in [2.45, 2.75) is 87.6 Å². The standard InChI is InChI=1S/C18H28O11/c1-3-5-6-10(19)26-7-9-12(21)14(23)16(25)18(28-9)29-17-15(24)13(22)11(20)8(4-2)27-17/h1,8-9,11-18,20-25H,4-7H2,2H3/t8?,9?,11-,12-,13?,14+,15-,16?,17-,18-/m1/s1. The Morgan fingerprint density at radius 1 is 0.897 bits per heavy atom. The Balaban J connectivity index is 2.01. The van der Waals surface area contributed by atoms with E-state index in [0.29, 0.717) is 6.42 Å². The van der Waals surface area contributed by atoms with Gasteiger partial charge in [0, 0.05) is 6.42 Å². The molecule has 11 heteroatoms. The van der Waals surface area contributed by atoms with E-state index >= 15 is 0 Å². The van der Waals surface area contributed by atoms with Crippen LogP contribution in [0.15, 0.2) is 0 Å². The zero-order valence-corrected chi connectivity index (χ0v) is 15.9. The molecular weight excluding hydrogens is 392 g/mol. The minimum atomic E-state index is -1.72. The van der Waals surface area contributed by atoms with E-state index in [-0.39, 0.29) is 12.8 Å². The second-order valence-corrected chi connectivity index (χ2v) is 6.96. The topological polar surface area (TPSA) is 175 Å². The van der Waals surface area contributed by atoms with Crippen LogP contribution < -0.4 is 0 Å². The van der Waals surface area contributed by atoms with Gasteiger partial charge >= 0.3 is 5.97 Å². The number of aliphatic hydroxyl groups is 6. The highest BCUT2D eigenvalue weighted by Gasteiger charge is 2.49. The second kappa shape index (κ2) is 10.6. The van der Waals surface area contributed by atoms with Crippen LogP contribution in [0.1, 0.15) is 26.2 Å². The van der Waals surface area contributed by atoms with Crippen LogP contribution in [0.2, 0.25) is 0 Å². The van der Waals surface area contributed by atoms with E-state index in [0.717, 1.165) is 0 Å². The Hall–Kier alpha value is -1.33. The summed E-state index contributed by atoms with van der Waals surface area (Å²) in [6.07, 6.45) is -9.24. The Kier molecular flexibility index (Phi) is 8.77. The number of carbonyl (C=O) groups is 1. The highest BCUT2D eigenvalue weighted by molar-refractivity contribution is 5.69. The van der Waals surface area contributed by atoms with Gasteiger partial charge in [-0.3, -0.25) is 4.79 Å². The number of ether oxygens (including phenoxy) is 4. The van der Waals surface area contributed by atoms with E-state index in [1.165, 1.54) is 0 Å². The summed E-state index contributed by atoms with van der Waals surface area (Å²) in [6.45, 7) is 1.24. The van der Waals surface area contributed by atoms with Crippen molar-refractivity contribution in [3.8, 4) is 12.3 Å². The molecule has 2 heterocycles. The summed E-state index contributed by atoms with van der Waals surface area (Å²) in [6, 6.07) is 0. The SMILES string of the molecule is C#CCCC(=O)OCC1O[C@H](O[C@H]2OC(CC)[C@@H](O)C(O)[C@H]2O)C(O)[C@@H](O)[C@@H]1O. The van der Waals surface area contributed by atoms with Gasteiger partial charge in [0.05, 0.1) is 12.5 Å². The van der Waals surface area contributed by atoms with E-state index in [1.54, 1.807) is 6.92 Å². The Morgan fingerprint density at radius 3 is 1.93 bits per heavy atom. The maximum Gasteiger partial charge on any atom is 0.306 e. The van der Waals surface area contributed by atoms with Gasteiger partial charge < -0.3 is 49.6 Å². The normalized spacial score (nSPS) is 42.8. The van der Waals surface area contributed by atoms with E-state index in [2.05, 4.69) is 5.92 Å². The predicted octanol–water partition coefficient (Wildman–Crippen LogP) is -3.02. The molecule has 2 aliphatic heterocycles. The summed E-state index contributed by atoms with van der Waals surface area (Å²) in [5, 5.41) is 60.2. The fraction of sp³-hybridized carbons (Fsp3) is 0.833. The summed E-state index contributed by atoms with van der Waals surface area (Å²) < 4.78 is 21.1. The fourth-order valence-corrected chi connectivity index (χ4v) is 3.09. The van der Waals surface area contributed by atoms with Crippen molar-refractivity contribution in [2.24, 2.45) is 0 Å². The smallest absolute Gasteiger partial charge is 0.306 e. The van der Waals surface area contributed by atoms with Gasteiger partial charge in [0.25, 0.3) is 0 Å². The van der Waals surface area contributed by atoms with Crippen molar-refractivity contribution in [2.75, 3.05) is 6.61 Å². The van der Waals surface area contributed by atoms with Crippen molar-refractivity contribution < 1.29 is 54.4 Å². The molecule has 2 rings (SSSR count). The highest BCUT2D eigenvalue weighted by atomic mass is 16.8. The van der Waals surface area contributed by atoms with Crippen LogP contribution in [-0.2, 0) is 23.7 Å². The lowest BCUT2D eigenvalue weighted by Gasteiger charge is -2.44. The molecule has 0 amide bonds. The number of aliphatic hydroxyl groups excluding tert-OH is 6. The van der Waals surface area contributed by atoms with Gasteiger partial charge in [-0.05, 0) is 6.42 Å². The molecule has 10 atom stereocenters. The second-order valence-electron chi connectivity index (χ2n) is 6.96. The Morgan fingerprint density at radius 2 is 1.41 bits per heavy atom. The van der Waals surface area contributed by atoms with Gasteiger partial charge in [-0.1, -0.05) is 6.92 Å². The summed E-state index contributed by atoms with van der Waals surface area (Å²) >= 11 is 0. The van der Waals surface area contributed by atoms with Gasteiger partial charge in [0.2, 0.25) is 0 Å². The molecule has 6 N–H and O–H groups in total. The van der Waals surface area contributed by atoms with Gasteiger partial charge in [-0.15, -0.1) is 12.3 Å². The van der Waals surface area contributed by atoms with Crippen LogP contribution in [0.3, 0.4) is 0 Å². The predicted molar refractivity (Wildman–Crippen MR) is 93.8 cm³/mol. The first-order chi connectivity index (χ1) is 13.7. The van der Waals surface area contributed by atoms with Crippen LogP contribution in [-0.4, -0.2) is 105 Å². The molecule has 4 unspecified atom stereocenters. The largest absolute Gasteiger partial charge is 0.463 e. The fourth-order valence-electron chi connectivity index (χ4n) is 3.09. The van der Waals surface area contributed by atoms with Crippen LogP contribution in [0, 0.1) is 12.3 Å². The third-order valence-corrected chi connectivity index (χ3v) is 4.89. The first-order valence-electron chi connectivity index (χ1n) is 9.35. The van der Waals surface area contributed by atoms with Crippen molar-refractivity contribution in [3.05, 3.63) is 0 Å². The quantitative estimate of drug-likeness (QED) is 0.183. The molecule has 0 radical (unpaired) electrons. The highest BCUT2D eigenvalue weighted by Crippen LogP contribution is 2.29. The summed E-state index contributed by atoms with van der Waals surface area (Å²) in [5.41, 5.74) is 0. The molecule has 0 aromatic carbocycles. The van der Waals surface area contributed by atoms with Crippen LogP contribution >= 0.6 is 0 Å². The average Bonchev–Trinajstić information content (AvgIpc) is 2.71. The van der Waals surface area contributed by atoms with Crippen molar-refractivity contribution in [1.29, 1.82) is 0 Å². The Labute approximate surface area is 167 Å². The number of hydrogen-bond donors (Lipinski definition) is 6. The molecule has 0 aliphatic carbocycles. The first-order valence-corrected chi connectivity index (χ1v) is 9.35. The van der Waals surface area contributed by atoms with Crippen molar-refractivity contribution >= 4 is 5.97 Å². The molecular formula is C18H28O11. The zero-order chi connectivity index (χ0) is 21.7. The molecule has 2 aliphatic rings. The van der Waals surface area contributed by atoms with E-state index in [1.807, 2.05) is 0 Å². The van der Waals surface area contributed by atoms with E-state index < -0.39 is 74.0 Å². The summed E-state index contributed by atoms with van der Waals surface area (Å²) in [4.78, 5) is 11.6. The van der Waals surface area contributed by atoms with Crippen LogP contribution in [0.25, 0.3) is 0 Å². The number of esters is 1. The minimum Gasteiger partial charge on any atom is -0.463 e.